The van der Waals surface area contributed by atoms with Gasteiger partial charge in [-0.2, -0.15) is 11.8 Å². The van der Waals surface area contributed by atoms with Crippen molar-refractivity contribution in [3.8, 4) is 0 Å². The summed E-state index contributed by atoms with van der Waals surface area (Å²) in [6.45, 7) is 6.30. The Labute approximate surface area is 148 Å². The summed E-state index contributed by atoms with van der Waals surface area (Å²) in [6, 6.07) is -0.613. The molecule has 24 heavy (non-hydrogen) atoms. The standard InChI is InChI=1S/C16H29N3O4S/c1-16(2,3)23-15(22)18-12(7-10-24-4)14(21)19-8-5-11(6-9-19)13(17)20/h11-12H,5-10H2,1-4H3,(H2,17,20)(H,18,22)/t12-/m0/s1. The van der Waals surface area contributed by atoms with Crippen LogP contribution in [-0.4, -0.2) is 59.5 Å². The number of hydrogen-bond donors (Lipinski definition) is 2. The number of likely N-dealkylation sites (tertiary alicyclic amines) is 1. The van der Waals surface area contributed by atoms with E-state index < -0.39 is 17.7 Å². The number of rotatable bonds is 6. The van der Waals surface area contributed by atoms with Gasteiger partial charge in [-0.25, -0.2) is 4.79 Å². The maximum absolute atomic E-state index is 12.7. The van der Waals surface area contributed by atoms with E-state index in [-0.39, 0.29) is 17.7 Å². The maximum atomic E-state index is 12.7. The first-order chi connectivity index (χ1) is 11.1. The second-order valence-corrected chi connectivity index (χ2v) is 7.97. The van der Waals surface area contributed by atoms with Gasteiger partial charge in [-0.05, 0) is 52.0 Å². The number of ether oxygens (including phenoxy) is 1. The molecule has 1 saturated heterocycles. The van der Waals surface area contributed by atoms with Gasteiger partial charge in [0.25, 0.3) is 0 Å². The smallest absolute Gasteiger partial charge is 0.408 e. The van der Waals surface area contributed by atoms with Crippen molar-refractivity contribution in [3.05, 3.63) is 0 Å². The number of alkyl carbamates (subject to hydrolysis) is 1. The molecule has 1 heterocycles. The number of nitrogens with two attached hydrogens (primary N) is 1. The quantitative estimate of drug-likeness (QED) is 0.745. The molecule has 0 aromatic heterocycles. The topological polar surface area (TPSA) is 102 Å². The molecule has 3 amide bonds. The Kier molecular flexibility index (Phi) is 7.86. The van der Waals surface area contributed by atoms with E-state index in [1.165, 1.54) is 0 Å². The lowest BCUT2D eigenvalue weighted by atomic mass is 9.95. The van der Waals surface area contributed by atoms with Gasteiger partial charge in [0.1, 0.15) is 11.6 Å². The lowest BCUT2D eigenvalue weighted by Crippen LogP contribution is -2.52. The Morgan fingerprint density at radius 1 is 1.29 bits per heavy atom. The van der Waals surface area contributed by atoms with Crippen molar-refractivity contribution < 1.29 is 19.1 Å². The normalized spacial score (nSPS) is 17.2. The zero-order valence-electron chi connectivity index (χ0n) is 15.0. The first-order valence-corrected chi connectivity index (χ1v) is 9.60. The van der Waals surface area contributed by atoms with Gasteiger partial charge in [0, 0.05) is 19.0 Å². The Morgan fingerprint density at radius 2 is 1.88 bits per heavy atom. The maximum Gasteiger partial charge on any atom is 0.408 e. The number of hydrogen-bond acceptors (Lipinski definition) is 5. The minimum atomic E-state index is -0.614. The summed E-state index contributed by atoms with van der Waals surface area (Å²) in [4.78, 5) is 37.6. The third-order valence-corrected chi connectivity index (χ3v) is 4.45. The van der Waals surface area contributed by atoms with Crippen molar-refractivity contribution in [3.63, 3.8) is 0 Å². The van der Waals surface area contributed by atoms with Crippen molar-refractivity contribution in [2.24, 2.45) is 11.7 Å². The van der Waals surface area contributed by atoms with Gasteiger partial charge >= 0.3 is 6.09 Å². The summed E-state index contributed by atoms with van der Waals surface area (Å²) in [5.74, 6) is 0.146. The van der Waals surface area contributed by atoms with Crippen molar-refractivity contribution in [2.45, 2.75) is 51.7 Å². The third-order valence-electron chi connectivity index (χ3n) is 3.81. The number of piperidine rings is 1. The SMILES string of the molecule is CSCC[C@H](NC(=O)OC(C)(C)C)C(=O)N1CCC(C(N)=O)CC1. The fourth-order valence-corrected chi connectivity index (χ4v) is 3.02. The number of nitrogens with one attached hydrogen (secondary N) is 1. The average Bonchev–Trinajstić information content (AvgIpc) is 2.49. The highest BCUT2D eigenvalue weighted by molar-refractivity contribution is 7.98. The molecule has 0 aromatic rings. The van der Waals surface area contributed by atoms with E-state index in [1.54, 1.807) is 37.4 Å². The molecule has 8 heteroatoms. The fourth-order valence-electron chi connectivity index (χ4n) is 2.55. The number of amides is 3. The number of nitrogens with zero attached hydrogens (tertiary/aromatic N) is 1. The Balaban J connectivity index is 2.65. The second kappa shape index (κ2) is 9.15. The van der Waals surface area contributed by atoms with Gasteiger partial charge in [-0.1, -0.05) is 0 Å². The number of primary amides is 1. The predicted octanol–water partition coefficient (Wildman–Crippen LogP) is 1.36. The molecule has 7 nitrogen and oxygen atoms in total. The molecule has 1 rings (SSSR count). The lowest BCUT2D eigenvalue weighted by Gasteiger charge is -2.33. The highest BCUT2D eigenvalue weighted by atomic mass is 32.2. The van der Waals surface area contributed by atoms with Crippen molar-refractivity contribution >= 4 is 29.7 Å². The molecule has 0 aliphatic carbocycles. The summed E-state index contributed by atoms with van der Waals surface area (Å²) in [6.07, 6.45) is 3.04. The predicted molar refractivity (Wildman–Crippen MR) is 94.7 cm³/mol. The molecule has 0 spiro atoms. The fraction of sp³-hybridized carbons (Fsp3) is 0.812. The second-order valence-electron chi connectivity index (χ2n) is 6.98. The molecule has 1 fully saturated rings. The summed E-state index contributed by atoms with van der Waals surface area (Å²) in [5, 5.41) is 2.68. The molecule has 0 bridgehead atoms. The molecule has 0 unspecified atom stereocenters. The van der Waals surface area contributed by atoms with Crippen LogP contribution in [0.2, 0.25) is 0 Å². The summed E-state index contributed by atoms with van der Waals surface area (Å²) >= 11 is 1.61. The van der Waals surface area contributed by atoms with Gasteiger partial charge in [0.2, 0.25) is 11.8 Å². The summed E-state index contributed by atoms with van der Waals surface area (Å²) < 4.78 is 5.25. The molecule has 1 aliphatic heterocycles. The first-order valence-electron chi connectivity index (χ1n) is 8.20. The van der Waals surface area contributed by atoms with Gasteiger partial charge in [-0.3, -0.25) is 9.59 Å². The van der Waals surface area contributed by atoms with E-state index in [0.29, 0.717) is 32.4 Å². The van der Waals surface area contributed by atoms with E-state index in [9.17, 15) is 14.4 Å². The lowest BCUT2D eigenvalue weighted by molar-refractivity contribution is -0.136. The highest BCUT2D eigenvalue weighted by Crippen LogP contribution is 2.18. The Bertz CT molecular complexity index is 457. The van der Waals surface area contributed by atoms with Crippen LogP contribution < -0.4 is 11.1 Å². The monoisotopic (exact) mass is 359 g/mol. The molecule has 0 saturated carbocycles. The van der Waals surface area contributed by atoms with Crippen molar-refractivity contribution in [1.82, 2.24) is 10.2 Å². The molecule has 0 radical (unpaired) electrons. The van der Waals surface area contributed by atoms with Crippen LogP contribution in [0.5, 0.6) is 0 Å². The van der Waals surface area contributed by atoms with E-state index in [0.717, 1.165) is 5.75 Å². The Morgan fingerprint density at radius 3 is 2.33 bits per heavy atom. The minimum absolute atomic E-state index is 0.127. The van der Waals surface area contributed by atoms with Gasteiger partial charge < -0.3 is 20.7 Å². The zero-order valence-corrected chi connectivity index (χ0v) is 15.8. The Hall–Kier alpha value is -1.44. The number of carbonyl (C=O) groups is 3. The molecular weight excluding hydrogens is 330 g/mol. The van der Waals surface area contributed by atoms with Crippen molar-refractivity contribution in [1.29, 1.82) is 0 Å². The van der Waals surface area contributed by atoms with Crippen LogP contribution in [-0.2, 0) is 14.3 Å². The van der Waals surface area contributed by atoms with Gasteiger partial charge in [0.15, 0.2) is 0 Å². The molecular formula is C16H29N3O4S. The molecule has 138 valence electrons. The van der Waals surface area contributed by atoms with Crippen LogP contribution in [0.4, 0.5) is 4.79 Å². The minimum Gasteiger partial charge on any atom is -0.444 e. The molecule has 1 atom stereocenters. The van der Waals surface area contributed by atoms with Gasteiger partial charge in [0.05, 0.1) is 0 Å². The average molecular weight is 359 g/mol. The largest absolute Gasteiger partial charge is 0.444 e. The van der Waals surface area contributed by atoms with Gasteiger partial charge in [-0.15, -0.1) is 0 Å². The first kappa shape index (κ1) is 20.6. The van der Waals surface area contributed by atoms with Crippen LogP contribution in [0, 0.1) is 5.92 Å². The van der Waals surface area contributed by atoms with Crippen LogP contribution >= 0.6 is 11.8 Å². The number of carbonyl (C=O) groups excluding carboxylic acids is 3. The van der Waals surface area contributed by atoms with E-state index in [2.05, 4.69) is 5.32 Å². The summed E-state index contributed by atoms with van der Waals surface area (Å²) in [5.41, 5.74) is 4.71. The van der Waals surface area contributed by atoms with Crippen molar-refractivity contribution in [2.75, 3.05) is 25.1 Å². The van der Waals surface area contributed by atoms with E-state index >= 15 is 0 Å². The van der Waals surface area contributed by atoms with Crippen LogP contribution in [0.1, 0.15) is 40.0 Å². The summed E-state index contributed by atoms with van der Waals surface area (Å²) in [7, 11) is 0. The zero-order chi connectivity index (χ0) is 18.3. The third kappa shape index (κ3) is 6.98. The van der Waals surface area contributed by atoms with Crippen LogP contribution in [0.25, 0.3) is 0 Å². The van der Waals surface area contributed by atoms with Crippen LogP contribution in [0.3, 0.4) is 0 Å². The number of thioether (sulfide) groups is 1. The van der Waals surface area contributed by atoms with E-state index in [4.69, 9.17) is 10.5 Å². The van der Waals surface area contributed by atoms with Crippen LogP contribution in [0.15, 0.2) is 0 Å². The highest BCUT2D eigenvalue weighted by Gasteiger charge is 2.31. The molecule has 0 aromatic carbocycles. The molecule has 3 N–H and O–H groups in total. The molecule has 1 aliphatic rings. The van der Waals surface area contributed by atoms with E-state index in [1.807, 2.05) is 6.26 Å².